The summed E-state index contributed by atoms with van der Waals surface area (Å²) < 4.78 is 0. The van der Waals surface area contributed by atoms with Crippen molar-refractivity contribution < 1.29 is 9.59 Å². The number of fused-ring (bicyclic) bond motifs is 1. The van der Waals surface area contributed by atoms with Crippen LogP contribution >= 0.6 is 0 Å². The third-order valence-electron chi connectivity index (χ3n) is 4.51. The van der Waals surface area contributed by atoms with Crippen LogP contribution in [-0.2, 0) is 0 Å². The molecule has 0 atom stereocenters. The predicted molar refractivity (Wildman–Crippen MR) is 108 cm³/mol. The summed E-state index contributed by atoms with van der Waals surface area (Å²) in [6, 6.07) is 17.8. The smallest absolute Gasteiger partial charge is 0.261 e. The van der Waals surface area contributed by atoms with Gasteiger partial charge in [0.2, 0.25) is 0 Å². The largest absolute Gasteiger partial charge is 0.274 e. The quantitative estimate of drug-likeness (QED) is 0.341. The van der Waals surface area contributed by atoms with E-state index in [-0.39, 0.29) is 17.4 Å². The van der Waals surface area contributed by atoms with E-state index in [1.54, 1.807) is 36.4 Å². The Labute approximate surface area is 169 Å². The zero-order valence-corrected chi connectivity index (χ0v) is 15.7. The number of rotatable bonds is 5. The summed E-state index contributed by atoms with van der Waals surface area (Å²) in [7, 11) is 0. The van der Waals surface area contributed by atoms with Crippen LogP contribution in [0.25, 0.3) is 6.08 Å². The first-order chi connectivity index (χ1) is 14.1. The lowest BCUT2D eigenvalue weighted by Crippen LogP contribution is -2.30. The Balaban J connectivity index is 1.47. The van der Waals surface area contributed by atoms with Gasteiger partial charge in [-0.3, -0.25) is 14.5 Å². The molecule has 2 amide bonds. The molecule has 0 saturated carbocycles. The van der Waals surface area contributed by atoms with Crippen LogP contribution in [0.3, 0.4) is 0 Å². The number of carbonyl (C=O) groups excluding carboxylic acids is 2. The third kappa shape index (κ3) is 4.59. The van der Waals surface area contributed by atoms with E-state index in [9.17, 15) is 9.59 Å². The lowest BCUT2D eigenvalue weighted by Gasteiger charge is -2.12. The van der Waals surface area contributed by atoms with Crippen molar-refractivity contribution in [1.82, 2.24) is 4.90 Å². The Morgan fingerprint density at radius 3 is 2.10 bits per heavy atom. The molecule has 3 rings (SSSR count). The van der Waals surface area contributed by atoms with Gasteiger partial charge in [-0.2, -0.15) is 10.5 Å². The Bertz CT molecular complexity index is 1070. The Kier molecular flexibility index (Phi) is 6.21. The van der Waals surface area contributed by atoms with E-state index in [4.69, 9.17) is 10.5 Å². The highest BCUT2D eigenvalue weighted by molar-refractivity contribution is 6.21. The molecule has 0 aromatic heterocycles. The second kappa shape index (κ2) is 9.18. The number of hydrogen-bond donors (Lipinski definition) is 0. The third-order valence-corrected chi connectivity index (χ3v) is 4.51. The fraction of sp³-hybridized carbons (Fsp3) is 0.167. The number of nitrogens with zero attached hydrogens (tertiary/aromatic N) is 3. The molecule has 2 aromatic carbocycles. The molecule has 29 heavy (non-hydrogen) atoms. The van der Waals surface area contributed by atoms with E-state index in [0.29, 0.717) is 30.5 Å². The monoisotopic (exact) mass is 379 g/mol. The molecule has 0 unspecified atom stereocenters. The highest BCUT2D eigenvalue weighted by Gasteiger charge is 2.34. The minimum absolute atomic E-state index is 0.0573. The van der Waals surface area contributed by atoms with Crippen LogP contribution in [0, 0.1) is 34.5 Å². The van der Waals surface area contributed by atoms with E-state index in [2.05, 4.69) is 11.8 Å². The van der Waals surface area contributed by atoms with E-state index >= 15 is 0 Å². The van der Waals surface area contributed by atoms with Gasteiger partial charge in [0, 0.05) is 18.5 Å². The molecular weight excluding hydrogens is 362 g/mol. The lowest BCUT2D eigenvalue weighted by atomic mass is 10.1. The van der Waals surface area contributed by atoms with Gasteiger partial charge in [0.05, 0.1) is 11.1 Å². The van der Waals surface area contributed by atoms with Crippen molar-refractivity contribution in [2.45, 2.75) is 19.3 Å². The number of hydrogen-bond acceptors (Lipinski definition) is 4. The van der Waals surface area contributed by atoms with E-state index in [1.165, 1.54) is 11.0 Å². The van der Waals surface area contributed by atoms with Crippen molar-refractivity contribution in [3.8, 4) is 24.0 Å². The van der Waals surface area contributed by atoms with Crippen molar-refractivity contribution in [3.63, 3.8) is 0 Å². The molecule has 0 saturated heterocycles. The molecule has 140 valence electrons. The van der Waals surface area contributed by atoms with Crippen LogP contribution in [0.15, 0.2) is 54.1 Å². The number of benzene rings is 2. The Morgan fingerprint density at radius 2 is 1.52 bits per heavy atom. The first-order valence-corrected chi connectivity index (χ1v) is 9.20. The standard InChI is InChI=1S/C24H17N3O2/c25-16-20(17-26)15-19-12-10-18(11-13-19)7-3-1-2-6-14-27-23(28)21-8-4-5-9-22(21)24(27)29/h4-5,8-13,15H,1-2,6,14H2. The molecule has 0 bridgehead atoms. The summed E-state index contributed by atoms with van der Waals surface area (Å²) in [5, 5.41) is 17.5. The molecule has 1 heterocycles. The summed E-state index contributed by atoms with van der Waals surface area (Å²) in [5.41, 5.74) is 2.63. The molecule has 2 aromatic rings. The van der Waals surface area contributed by atoms with E-state index in [1.807, 2.05) is 24.3 Å². The van der Waals surface area contributed by atoms with Gasteiger partial charge in [-0.15, -0.1) is 0 Å². The summed E-state index contributed by atoms with van der Waals surface area (Å²) in [6.45, 7) is 0.398. The van der Waals surface area contributed by atoms with Crippen LogP contribution < -0.4 is 0 Å². The molecule has 5 nitrogen and oxygen atoms in total. The molecule has 1 aliphatic heterocycles. The number of imide groups is 1. The van der Waals surface area contributed by atoms with Crippen LogP contribution in [0.5, 0.6) is 0 Å². The van der Waals surface area contributed by atoms with Crippen molar-refractivity contribution in [2.24, 2.45) is 0 Å². The van der Waals surface area contributed by atoms with Gasteiger partial charge >= 0.3 is 0 Å². The highest BCUT2D eigenvalue weighted by atomic mass is 16.2. The second-order valence-electron chi connectivity index (χ2n) is 6.47. The number of nitriles is 2. The van der Waals surface area contributed by atoms with E-state index < -0.39 is 0 Å². The Hall–Kier alpha value is -4.14. The fourth-order valence-electron chi connectivity index (χ4n) is 3.01. The second-order valence-corrected chi connectivity index (χ2v) is 6.47. The van der Waals surface area contributed by atoms with Crippen LogP contribution in [-0.4, -0.2) is 23.3 Å². The zero-order valence-electron chi connectivity index (χ0n) is 15.7. The van der Waals surface area contributed by atoms with Crippen molar-refractivity contribution in [1.29, 1.82) is 10.5 Å². The van der Waals surface area contributed by atoms with Gasteiger partial charge in [0.25, 0.3) is 11.8 Å². The summed E-state index contributed by atoms with van der Waals surface area (Å²) in [6.07, 6.45) is 3.68. The minimum Gasteiger partial charge on any atom is -0.274 e. The normalized spacial score (nSPS) is 11.7. The van der Waals surface area contributed by atoms with Gasteiger partial charge in [0.1, 0.15) is 17.7 Å². The summed E-state index contributed by atoms with van der Waals surface area (Å²) >= 11 is 0. The molecule has 1 aliphatic rings. The van der Waals surface area contributed by atoms with Crippen LogP contribution in [0.1, 0.15) is 51.1 Å². The molecule has 0 aliphatic carbocycles. The average Bonchev–Trinajstić information content (AvgIpc) is 3.00. The maximum Gasteiger partial charge on any atom is 0.261 e. The van der Waals surface area contributed by atoms with Gasteiger partial charge in [-0.25, -0.2) is 0 Å². The maximum absolute atomic E-state index is 12.3. The predicted octanol–water partition coefficient (Wildman–Crippen LogP) is 3.94. The summed E-state index contributed by atoms with van der Waals surface area (Å²) in [5.74, 6) is 5.71. The topological polar surface area (TPSA) is 85.0 Å². The van der Waals surface area contributed by atoms with Crippen molar-refractivity contribution >= 4 is 17.9 Å². The van der Waals surface area contributed by atoms with Crippen molar-refractivity contribution in [3.05, 3.63) is 76.4 Å². The fourth-order valence-corrected chi connectivity index (χ4v) is 3.01. The Morgan fingerprint density at radius 1 is 0.897 bits per heavy atom. The van der Waals surface area contributed by atoms with Gasteiger partial charge in [-0.1, -0.05) is 36.1 Å². The maximum atomic E-state index is 12.3. The number of amides is 2. The highest BCUT2D eigenvalue weighted by Crippen LogP contribution is 2.22. The van der Waals surface area contributed by atoms with Gasteiger partial charge < -0.3 is 0 Å². The van der Waals surface area contributed by atoms with Gasteiger partial charge in [-0.05, 0) is 48.7 Å². The van der Waals surface area contributed by atoms with Crippen LogP contribution in [0.2, 0.25) is 0 Å². The van der Waals surface area contributed by atoms with Gasteiger partial charge in [0.15, 0.2) is 0 Å². The molecule has 0 radical (unpaired) electrons. The average molecular weight is 379 g/mol. The van der Waals surface area contributed by atoms with Crippen molar-refractivity contribution in [2.75, 3.05) is 6.54 Å². The molecule has 0 spiro atoms. The zero-order chi connectivity index (χ0) is 20.6. The SMILES string of the molecule is N#CC(C#N)=Cc1ccc(C#CCCCCN2C(=O)c3ccccc3C2=O)cc1. The summed E-state index contributed by atoms with van der Waals surface area (Å²) in [4.78, 5) is 25.9. The lowest BCUT2D eigenvalue weighted by molar-refractivity contribution is 0.0652. The molecular formula is C24H17N3O2. The number of carbonyl (C=O) groups is 2. The molecule has 0 N–H and O–H groups in total. The first kappa shape index (κ1) is 19.6. The first-order valence-electron chi connectivity index (χ1n) is 9.20. The minimum atomic E-state index is -0.221. The van der Waals surface area contributed by atoms with E-state index in [0.717, 1.165) is 17.5 Å². The van der Waals surface area contributed by atoms with Crippen LogP contribution in [0.4, 0.5) is 0 Å². The number of allylic oxidation sites excluding steroid dienone is 1. The molecule has 5 heteroatoms. The molecule has 0 fully saturated rings. The number of unbranched alkanes of at least 4 members (excludes halogenated alkanes) is 2.